The molecule has 3 rings (SSSR count). The number of hydrogen-bond donors (Lipinski definition) is 0. The van der Waals surface area contributed by atoms with Gasteiger partial charge < -0.3 is 0 Å². The third kappa shape index (κ3) is 1.10. The van der Waals surface area contributed by atoms with E-state index < -0.39 is 0 Å². The van der Waals surface area contributed by atoms with Gasteiger partial charge in [0.15, 0.2) is 5.65 Å². The minimum atomic E-state index is 0.845. The summed E-state index contributed by atoms with van der Waals surface area (Å²) in [6.45, 7) is 0. The molecule has 0 radical (unpaired) electrons. The Kier molecular flexibility index (Phi) is 1.57. The monoisotopic (exact) mass is 202 g/mol. The van der Waals surface area contributed by atoms with Gasteiger partial charge >= 0.3 is 0 Å². The van der Waals surface area contributed by atoms with Gasteiger partial charge in [-0.15, -0.1) is 11.3 Å². The first kappa shape index (κ1) is 7.64. The van der Waals surface area contributed by atoms with E-state index in [0.717, 1.165) is 16.3 Å². The van der Waals surface area contributed by atoms with Crippen molar-refractivity contribution in [1.82, 2.24) is 19.6 Å². The number of rotatable bonds is 1. The van der Waals surface area contributed by atoms with E-state index in [4.69, 9.17) is 0 Å². The zero-order valence-corrected chi connectivity index (χ0v) is 7.98. The van der Waals surface area contributed by atoms with Gasteiger partial charge in [0.2, 0.25) is 0 Å². The minimum Gasteiger partial charge on any atom is -0.243 e. The number of fused-ring (bicyclic) bond motifs is 1. The van der Waals surface area contributed by atoms with Crippen molar-refractivity contribution in [1.29, 1.82) is 0 Å². The van der Waals surface area contributed by atoms with Crippen LogP contribution in [0, 0.1) is 0 Å². The van der Waals surface area contributed by atoms with Crippen LogP contribution in [0.15, 0.2) is 36.1 Å². The number of hydrogen-bond acceptors (Lipinski definition) is 4. The molecular weight excluding hydrogens is 196 g/mol. The largest absolute Gasteiger partial charge is 0.243 e. The second kappa shape index (κ2) is 2.88. The maximum Gasteiger partial charge on any atom is 0.155 e. The molecular formula is C9H6N4S. The van der Waals surface area contributed by atoms with Gasteiger partial charge in [-0.1, -0.05) is 0 Å². The Bertz CT molecular complexity index is 555. The maximum absolute atomic E-state index is 4.43. The van der Waals surface area contributed by atoms with Crippen LogP contribution in [0.25, 0.3) is 16.3 Å². The van der Waals surface area contributed by atoms with Gasteiger partial charge in [-0.25, -0.2) is 14.5 Å². The van der Waals surface area contributed by atoms with Crippen LogP contribution in [0.5, 0.6) is 0 Å². The smallest absolute Gasteiger partial charge is 0.155 e. The molecule has 0 unspecified atom stereocenters. The first-order valence-corrected chi connectivity index (χ1v) is 5.02. The van der Waals surface area contributed by atoms with Gasteiger partial charge in [-0.2, -0.15) is 5.10 Å². The Labute approximate surface area is 83.9 Å². The van der Waals surface area contributed by atoms with Crippen LogP contribution in [0.4, 0.5) is 0 Å². The fourth-order valence-electron chi connectivity index (χ4n) is 1.28. The fourth-order valence-corrected chi connectivity index (χ4v) is 1.89. The van der Waals surface area contributed by atoms with Crippen molar-refractivity contribution < 1.29 is 0 Å². The highest BCUT2D eigenvalue weighted by Crippen LogP contribution is 2.19. The predicted octanol–water partition coefficient (Wildman–Crippen LogP) is 1.85. The summed E-state index contributed by atoms with van der Waals surface area (Å²) in [6, 6.07) is 3.79. The summed E-state index contributed by atoms with van der Waals surface area (Å²) in [5.41, 5.74) is 1.74. The third-order valence-corrected chi connectivity index (χ3v) is 2.71. The first-order valence-electron chi connectivity index (χ1n) is 4.14. The normalized spacial score (nSPS) is 10.9. The van der Waals surface area contributed by atoms with E-state index in [1.54, 1.807) is 28.2 Å². The molecule has 0 aliphatic heterocycles. The molecule has 0 saturated heterocycles. The van der Waals surface area contributed by atoms with Gasteiger partial charge in [-0.05, 0) is 6.07 Å². The molecule has 0 aliphatic rings. The highest BCUT2D eigenvalue weighted by atomic mass is 32.1. The van der Waals surface area contributed by atoms with Crippen LogP contribution < -0.4 is 0 Å². The van der Waals surface area contributed by atoms with Crippen LogP contribution in [0.2, 0.25) is 0 Å². The van der Waals surface area contributed by atoms with Gasteiger partial charge in [0.05, 0.1) is 6.20 Å². The first-order chi connectivity index (χ1) is 6.93. The lowest BCUT2D eigenvalue weighted by Gasteiger charge is -1.95. The predicted molar refractivity (Wildman–Crippen MR) is 54.1 cm³/mol. The van der Waals surface area contributed by atoms with Crippen LogP contribution in [0.3, 0.4) is 0 Å². The second-order valence-electron chi connectivity index (χ2n) is 2.78. The Morgan fingerprint density at radius 1 is 1.21 bits per heavy atom. The van der Waals surface area contributed by atoms with Crippen LogP contribution >= 0.6 is 11.3 Å². The average molecular weight is 202 g/mol. The molecule has 0 fully saturated rings. The molecule has 0 N–H and O–H groups in total. The molecule has 68 valence electrons. The summed E-state index contributed by atoms with van der Waals surface area (Å²) in [5.74, 6) is 0. The Balaban J connectivity index is 2.23. The van der Waals surface area contributed by atoms with E-state index in [0.29, 0.717) is 0 Å². The number of nitrogens with zero attached hydrogens (tertiary/aromatic N) is 4. The lowest BCUT2D eigenvalue weighted by Crippen LogP contribution is -1.90. The van der Waals surface area contributed by atoms with Crippen molar-refractivity contribution in [3.63, 3.8) is 0 Å². The van der Waals surface area contributed by atoms with Gasteiger partial charge in [-0.3, -0.25) is 0 Å². The Morgan fingerprint density at radius 3 is 3.07 bits per heavy atom. The minimum absolute atomic E-state index is 0.845. The standard InChI is InChI=1S/C9H6N4S/c1-3-11-13-5-2-7(12-8(1)13)9-10-4-6-14-9/h1-6H. The number of thiazole rings is 1. The van der Waals surface area contributed by atoms with E-state index in [1.165, 1.54) is 0 Å². The summed E-state index contributed by atoms with van der Waals surface area (Å²) in [6.07, 6.45) is 5.40. The topological polar surface area (TPSA) is 43.1 Å². The zero-order chi connectivity index (χ0) is 9.38. The third-order valence-electron chi connectivity index (χ3n) is 1.91. The Morgan fingerprint density at radius 2 is 2.21 bits per heavy atom. The molecule has 0 spiro atoms. The Hall–Kier alpha value is -1.75. The summed E-state index contributed by atoms with van der Waals surface area (Å²) in [7, 11) is 0. The molecule has 0 saturated carbocycles. The molecule has 0 amide bonds. The maximum atomic E-state index is 4.43. The van der Waals surface area contributed by atoms with Crippen molar-refractivity contribution in [3.8, 4) is 10.7 Å². The lowest BCUT2D eigenvalue weighted by molar-refractivity contribution is 0.940. The quantitative estimate of drug-likeness (QED) is 0.604. The van der Waals surface area contributed by atoms with Crippen molar-refractivity contribution in [2.45, 2.75) is 0 Å². The molecule has 3 heterocycles. The molecule has 0 aliphatic carbocycles. The zero-order valence-electron chi connectivity index (χ0n) is 7.16. The van der Waals surface area contributed by atoms with Crippen LogP contribution in [-0.2, 0) is 0 Å². The molecule has 14 heavy (non-hydrogen) atoms. The van der Waals surface area contributed by atoms with Crippen LogP contribution in [-0.4, -0.2) is 19.6 Å². The fraction of sp³-hybridized carbons (Fsp3) is 0. The van der Waals surface area contributed by atoms with Gasteiger partial charge in [0, 0.05) is 23.8 Å². The van der Waals surface area contributed by atoms with E-state index >= 15 is 0 Å². The van der Waals surface area contributed by atoms with Crippen molar-refractivity contribution in [2.75, 3.05) is 0 Å². The average Bonchev–Trinajstić information content (AvgIpc) is 2.88. The van der Waals surface area contributed by atoms with E-state index in [1.807, 2.05) is 23.7 Å². The summed E-state index contributed by atoms with van der Waals surface area (Å²) in [4.78, 5) is 8.63. The molecule has 5 heteroatoms. The SMILES string of the molecule is c1csc(-c2ccn3nccc3n2)n1. The molecule has 0 aromatic carbocycles. The molecule has 4 nitrogen and oxygen atoms in total. The molecule has 3 aromatic heterocycles. The van der Waals surface area contributed by atoms with E-state index in [9.17, 15) is 0 Å². The van der Waals surface area contributed by atoms with Gasteiger partial charge in [0.1, 0.15) is 10.7 Å². The lowest BCUT2D eigenvalue weighted by atomic mass is 10.4. The van der Waals surface area contributed by atoms with Gasteiger partial charge in [0.25, 0.3) is 0 Å². The van der Waals surface area contributed by atoms with Crippen molar-refractivity contribution >= 4 is 17.0 Å². The van der Waals surface area contributed by atoms with E-state index in [-0.39, 0.29) is 0 Å². The highest BCUT2D eigenvalue weighted by Gasteiger charge is 2.03. The number of aromatic nitrogens is 4. The molecule has 0 atom stereocenters. The molecule has 0 bridgehead atoms. The van der Waals surface area contributed by atoms with E-state index in [2.05, 4.69) is 15.1 Å². The van der Waals surface area contributed by atoms with Crippen molar-refractivity contribution in [2.24, 2.45) is 0 Å². The highest BCUT2D eigenvalue weighted by molar-refractivity contribution is 7.13. The summed E-state index contributed by atoms with van der Waals surface area (Å²) in [5, 5.41) is 6.96. The molecule has 3 aromatic rings. The summed E-state index contributed by atoms with van der Waals surface area (Å²) < 4.78 is 1.73. The van der Waals surface area contributed by atoms with Crippen LogP contribution in [0.1, 0.15) is 0 Å². The second-order valence-corrected chi connectivity index (χ2v) is 3.68. The summed E-state index contributed by atoms with van der Waals surface area (Å²) >= 11 is 1.58. The van der Waals surface area contributed by atoms with Crippen molar-refractivity contribution in [3.05, 3.63) is 36.1 Å².